The lowest BCUT2D eigenvalue weighted by molar-refractivity contribution is -0.118. The Balaban J connectivity index is 2.74. The molecule has 88 valence electrons. The van der Waals surface area contributed by atoms with Crippen LogP contribution in [0.15, 0.2) is 16.6 Å². The predicted octanol–water partition coefficient (Wildman–Crippen LogP) is 0.952. The highest BCUT2D eigenvalue weighted by Crippen LogP contribution is 2.23. The van der Waals surface area contributed by atoms with Gasteiger partial charge in [-0.2, -0.15) is 0 Å². The first kappa shape index (κ1) is 12.9. The zero-order valence-electron chi connectivity index (χ0n) is 8.14. The van der Waals surface area contributed by atoms with Crippen LogP contribution in [-0.4, -0.2) is 18.5 Å². The summed E-state index contributed by atoms with van der Waals surface area (Å²) in [5, 5.41) is 2.50. The van der Waals surface area contributed by atoms with Crippen molar-refractivity contribution in [1.29, 1.82) is 0 Å². The number of amides is 1. The number of benzene rings is 1. The maximum atomic E-state index is 13.3. The molecule has 0 heterocycles. The fourth-order valence-electron chi connectivity index (χ4n) is 0.979. The van der Waals surface area contributed by atoms with Crippen LogP contribution in [0.3, 0.4) is 0 Å². The van der Waals surface area contributed by atoms with Crippen molar-refractivity contribution >= 4 is 27.5 Å². The molecule has 0 aliphatic heterocycles. The average molecular weight is 294 g/mol. The van der Waals surface area contributed by atoms with Gasteiger partial charge in [-0.1, -0.05) is 0 Å². The molecule has 0 radical (unpaired) electrons. The van der Waals surface area contributed by atoms with E-state index in [1.807, 2.05) is 0 Å². The summed E-state index contributed by atoms with van der Waals surface area (Å²) in [7, 11) is 0. The molecule has 4 nitrogen and oxygen atoms in total. The SMILES string of the molecule is NC(=O)C(N)CNc1cc(F)c(Br)cc1F. The Morgan fingerprint density at radius 3 is 2.62 bits per heavy atom. The second-order valence-electron chi connectivity index (χ2n) is 3.14. The van der Waals surface area contributed by atoms with Gasteiger partial charge in [0.25, 0.3) is 0 Å². The second-order valence-corrected chi connectivity index (χ2v) is 3.99. The first-order valence-corrected chi connectivity index (χ1v) is 5.14. The maximum absolute atomic E-state index is 13.3. The minimum Gasteiger partial charge on any atom is -0.380 e. The van der Waals surface area contributed by atoms with Crippen LogP contribution in [0.4, 0.5) is 14.5 Å². The molecule has 1 aromatic rings. The van der Waals surface area contributed by atoms with Gasteiger partial charge in [-0.25, -0.2) is 8.78 Å². The number of halogens is 3. The quantitative estimate of drug-likeness (QED) is 0.723. The number of rotatable bonds is 4. The van der Waals surface area contributed by atoms with E-state index in [4.69, 9.17) is 11.5 Å². The third-order valence-corrected chi connectivity index (χ3v) is 2.50. The summed E-state index contributed by atoms with van der Waals surface area (Å²) in [6.45, 7) is -0.0622. The Hall–Kier alpha value is -1.21. The molecule has 1 rings (SSSR count). The first-order valence-electron chi connectivity index (χ1n) is 4.35. The molecular weight excluding hydrogens is 284 g/mol. The summed E-state index contributed by atoms with van der Waals surface area (Å²) in [4.78, 5) is 10.6. The van der Waals surface area contributed by atoms with E-state index in [1.54, 1.807) is 0 Å². The molecule has 1 amide bonds. The lowest BCUT2D eigenvalue weighted by atomic mass is 10.2. The number of carbonyl (C=O) groups excluding carboxylic acids is 1. The van der Waals surface area contributed by atoms with Crippen LogP contribution in [-0.2, 0) is 4.79 Å². The molecule has 0 fully saturated rings. The van der Waals surface area contributed by atoms with E-state index in [1.165, 1.54) is 0 Å². The number of hydrogen-bond donors (Lipinski definition) is 3. The molecule has 16 heavy (non-hydrogen) atoms. The number of nitrogens with two attached hydrogens (primary N) is 2. The molecule has 0 bridgehead atoms. The van der Waals surface area contributed by atoms with Crippen LogP contribution < -0.4 is 16.8 Å². The van der Waals surface area contributed by atoms with Crippen molar-refractivity contribution in [3.63, 3.8) is 0 Å². The highest BCUT2D eigenvalue weighted by Gasteiger charge is 2.12. The number of hydrogen-bond acceptors (Lipinski definition) is 3. The van der Waals surface area contributed by atoms with Gasteiger partial charge < -0.3 is 16.8 Å². The standard InChI is InChI=1S/C9H10BrF2N3O/c10-4-1-6(12)8(2-5(4)11)15-3-7(13)9(14)16/h1-2,7,15H,3,13H2,(H2,14,16). The van der Waals surface area contributed by atoms with E-state index in [9.17, 15) is 13.6 Å². The molecule has 0 saturated carbocycles. The van der Waals surface area contributed by atoms with Gasteiger partial charge in [-0.3, -0.25) is 4.79 Å². The summed E-state index contributed by atoms with van der Waals surface area (Å²) in [6.07, 6.45) is 0. The third kappa shape index (κ3) is 3.14. The summed E-state index contributed by atoms with van der Waals surface area (Å²) in [5.74, 6) is -1.98. The number of carbonyl (C=O) groups is 1. The molecule has 1 aromatic carbocycles. The van der Waals surface area contributed by atoms with E-state index in [0.29, 0.717) is 0 Å². The molecular formula is C9H10BrF2N3O. The van der Waals surface area contributed by atoms with E-state index in [-0.39, 0.29) is 16.7 Å². The average Bonchev–Trinajstić information content (AvgIpc) is 2.20. The predicted molar refractivity (Wildman–Crippen MR) is 59.7 cm³/mol. The van der Waals surface area contributed by atoms with Crippen molar-refractivity contribution in [2.24, 2.45) is 11.5 Å². The van der Waals surface area contributed by atoms with Crippen LogP contribution in [0.25, 0.3) is 0 Å². The number of primary amides is 1. The Morgan fingerprint density at radius 2 is 2.06 bits per heavy atom. The van der Waals surface area contributed by atoms with Crippen LogP contribution in [0.1, 0.15) is 0 Å². The van der Waals surface area contributed by atoms with Gasteiger partial charge in [-0.05, 0) is 22.0 Å². The van der Waals surface area contributed by atoms with Crippen molar-refractivity contribution in [3.8, 4) is 0 Å². The van der Waals surface area contributed by atoms with Crippen molar-refractivity contribution in [2.45, 2.75) is 6.04 Å². The Labute approximate surface area is 99.1 Å². The fourth-order valence-corrected chi connectivity index (χ4v) is 1.29. The monoisotopic (exact) mass is 293 g/mol. The van der Waals surface area contributed by atoms with E-state index in [0.717, 1.165) is 12.1 Å². The summed E-state index contributed by atoms with van der Waals surface area (Å²) < 4.78 is 26.4. The van der Waals surface area contributed by atoms with Crippen molar-refractivity contribution in [3.05, 3.63) is 28.2 Å². The maximum Gasteiger partial charge on any atom is 0.236 e. The van der Waals surface area contributed by atoms with Gasteiger partial charge in [0.1, 0.15) is 17.7 Å². The van der Waals surface area contributed by atoms with Crippen LogP contribution in [0.2, 0.25) is 0 Å². The van der Waals surface area contributed by atoms with E-state index in [2.05, 4.69) is 21.2 Å². The van der Waals surface area contributed by atoms with Gasteiger partial charge in [0.05, 0.1) is 10.2 Å². The normalized spacial score (nSPS) is 12.2. The number of anilines is 1. The second kappa shape index (κ2) is 5.22. The molecule has 0 spiro atoms. The van der Waals surface area contributed by atoms with Gasteiger partial charge >= 0.3 is 0 Å². The molecule has 0 saturated heterocycles. The van der Waals surface area contributed by atoms with E-state index < -0.39 is 23.6 Å². The number of nitrogens with one attached hydrogen (secondary N) is 1. The summed E-state index contributed by atoms with van der Waals surface area (Å²) in [6, 6.07) is 0.992. The van der Waals surface area contributed by atoms with Gasteiger partial charge in [-0.15, -0.1) is 0 Å². The highest BCUT2D eigenvalue weighted by atomic mass is 79.9. The first-order chi connectivity index (χ1) is 7.41. The largest absolute Gasteiger partial charge is 0.380 e. The Morgan fingerprint density at radius 1 is 1.44 bits per heavy atom. The lowest BCUT2D eigenvalue weighted by Crippen LogP contribution is -2.41. The Kier molecular flexibility index (Phi) is 4.19. The molecule has 1 atom stereocenters. The molecule has 1 unspecified atom stereocenters. The van der Waals surface area contributed by atoms with Crippen molar-refractivity contribution in [2.75, 3.05) is 11.9 Å². The van der Waals surface area contributed by atoms with Gasteiger partial charge in [0, 0.05) is 12.6 Å². The minimum absolute atomic E-state index is 0.0229. The molecule has 5 N–H and O–H groups in total. The molecule has 0 aliphatic rings. The molecule has 0 aromatic heterocycles. The summed E-state index contributed by atoms with van der Waals surface area (Å²) in [5.41, 5.74) is 10.2. The van der Waals surface area contributed by atoms with Crippen molar-refractivity contribution in [1.82, 2.24) is 0 Å². The van der Waals surface area contributed by atoms with Crippen LogP contribution in [0, 0.1) is 11.6 Å². The van der Waals surface area contributed by atoms with Crippen LogP contribution >= 0.6 is 15.9 Å². The van der Waals surface area contributed by atoms with Crippen molar-refractivity contribution < 1.29 is 13.6 Å². The minimum atomic E-state index is -0.953. The lowest BCUT2D eigenvalue weighted by Gasteiger charge is -2.11. The molecule has 7 heteroatoms. The van der Waals surface area contributed by atoms with Gasteiger partial charge in [0.2, 0.25) is 5.91 Å². The highest BCUT2D eigenvalue weighted by molar-refractivity contribution is 9.10. The zero-order chi connectivity index (χ0) is 12.3. The zero-order valence-corrected chi connectivity index (χ0v) is 9.72. The smallest absolute Gasteiger partial charge is 0.236 e. The summed E-state index contributed by atoms with van der Waals surface area (Å²) >= 11 is 2.84. The van der Waals surface area contributed by atoms with E-state index >= 15 is 0 Å². The Bertz CT molecular complexity index is 414. The molecule has 0 aliphatic carbocycles. The van der Waals surface area contributed by atoms with Gasteiger partial charge in [0.15, 0.2) is 0 Å². The van der Waals surface area contributed by atoms with Crippen LogP contribution in [0.5, 0.6) is 0 Å². The fraction of sp³-hybridized carbons (Fsp3) is 0.222. The third-order valence-electron chi connectivity index (χ3n) is 1.89. The topological polar surface area (TPSA) is 81.1 Å².